The molecule has 5 nitrogen and oxygen atoms in total. The van der Waals surface area contributed by atoms with Crippen LogP contribution in [0.1, 0.15) is 36.5 Å². The van der Waals surface area contributed by atoms with E-state index in [0.717, 1.165) is 37.0 Å². The van der Waals surface area contributed by atoms with E-state index in [1.807, 2.05) is 0 Å². The van der Waals surface area contributed by atoms with Crippen molar-refractivity contribution in [2.24, 2.45) is 0 Å². The van der Waals surface area contributed by atoms with Crippen molar-refractivity contribution >= 4 is 17.4 Å². The van der Waals surface area contributed by atoms with Crippen LogP contribution in [0.15, 0.2) is 30.3 Å². The van der Waals surface area contributed by atoms with Gasteiger partial charge in [-0.3, -0.25) is 0 Å². The molecule has 0 radical (unpaired) electrons. The van der Waals surface area contributed by atoms with Crippen molar-refractivity contribution in [1.29, 1.82) is 0 Å². The predicted octanol–water partition coefficient (Wildman–Crippen LogP) is 4.88. The smallest absolute Gasteiger partial charge is 0.416 e. The van der Waals surface area contributed by atoms with Crippen LogP contribution >= 0.6 is 11.6 Å². The van der Waals surface area contributed by atoms with Gasteiger partial charge in [-0.1, -0.05) is 23.7 Å². The molecule has 27 heavy (non-hydrogen) atoms. The summed E-state index contributed by atoms with van der Waals surface area (Å²) in [6, 6.07) is 6.90. The molecule has 0 bridgehead atoms. The first-order valence-corrected chi connectivity index (χ1v) is 8.88. The van der Waals surface area contributed by atoms with Gasteiger partial charge in [0.25, 0.3) is 0 Å². The molecule has 2 aromatic rings. The van der Waals surface area contributed by atoms with Crippen LogP contribution < -0.4 is 10.1 Å². The summed E-state index contributed by atoms with van der Waals surface area (Å²) < 4.78 is 49.1. The molecular formula is C18H19ClF3N3O2. The van der Waals surface area contributed by atoms with E-state index in [-0.39, 0.29) is 23.4 Å². The lowest BCUT2D eigenvalue weighted by molar-refractivity contribution is -0.137. The van der Waals surface area contributed by atoms with E-state index < -0.39 is 11.7 Å². The van der Waals surface area contributed by atoms with Crippen LogP contribution in [0.3, 0.4) is 0 Å². The van der Waals surface area contributed by atoms with Gasteiger partial charge in [0.2, 0.25) is 0 Å². The third-order valence-electron chi connectivity index (χ3n) is 4.33. The first-order chi connectivity index (χ1) is 12.8. The number of halogens is 4. The molecule has 1 aromatic carbocycles. The van der Waals surface area contributed by atoms with E-state index in [4.69, 9.17) is 21.1 Å². The Morgan fingerprint density at radius 1 is 1.22 bits per heavy atom. The Hall–Kier alpha value is -2.06. The van der Waals surface area contributed by atoms with Crippen LogP contribution in [0, 0.1) is 0 Å². The molecule has 1 fully saturated rings. The summed E-state index contributed by atoms with van der Waals surface area (Å²) >= 11 is 5.92. The molecule has 0 unspecified atom stereocenters. The Morgan fingerprint density at radius 2 is 1.96 bits per heavy atom. The number of nitrogens with one attached hydrogen (secondary N) is 1. The summed E-state index contributed by atoms with van der Waals surface area (Å²) in [6.45, 7) is 0.494. The number of methoxy groups -OCH3 is 1. The molecule has 1 N–H and O–H groups in total. The molecule has 0 aliphatic carbocycles. The quantitative estimate of drug-likeness (QED) is 0.724. The fourth-order valence-electron chi connectivity index (χ4n) is 2.98. The summed E-state index contributed by atoms with van der Waals surface area (Å²) in [4.78, 5) is 8.06. The largest absolute Gasteiger partial charge is 0.467 e. The number of alkyl halides is 3. The van der Waals surface area contributed by atoms with E-state index in [9.17, 15) is 13.2 Å². The predicted molar refractivity (Wildman–Crippen MR) is 95.0 cm³/mol. The first kappa shape index (κ1) is 19.7. The lowest BCUT2D eigenvalue weighted by Crippen LogP contribution is -2.29. The molecule has 2 heterocycles. The molecule has 0 saturated carbocycles. The van der Waals surface area contributed by atoms with Crippen molar-refractivity contribution in [2.45, 2.75) is 37.6 Å². The van der Waals surface area contributed by atoms with Crippen molar-refractivity contribution in [3.05, 3.63) is 46.6 Å². The number of rotatable bonds is 5. The number of benzene rings is 1. The highest BCUT2D eigenvalue weighted by molar-refractivity contribution is 6.29. The van der Waals surface area contributed by atoms with Gasteiger partial charge in [0.1, 0.15) is 11.0 Å². The van der Waals surface area contributed by atoms with E-state index in [0.29, 0.717) is 12.4 Å². The van der Waals surface area contributed by atoms with Gasteiger partial charge in [-0.25, -0.2) is 0 Å². The molecule has 0 amide bonds. The van der Waals surface area contributed by atoms with Crippen LogP contribution in [-0.2, 0) is 10.9 Å². The Bertz CT molecular complexity index is 771. The van der Waals surface area contributed by atoms with E-state index in [1.54, 1.807) is 6.07 Å². The zero-order valence-corrected chi connectivity index (χ0v) is 15.3. The Morgan fingerprint density at radius 3 is 2.63 bits per heavy atom. The average Bonchev–Trinajstić information content (AvgIpc) is 2.65. The average molecular weight is 402 g/mol. The highest BCUT2D eigenvalue weighted by atomic mass is 35.5. The van der Waals surface area contributed by atoms with Gasteiger partial charge in [0, 0.05) is 12.6 Å². The highest BCUT2D eigenvalue weighted by Gasteiger charge is 2.31. The number of hydrogen-bond donors (Lipinski definition) is 1. The van der Waals surface area contributed by atoms with Gasteiger partial charge in [-0.15, -0.1) is 0 Å². The second-order valence-corrected chi connectivity index (χ2v) is 6.63. The van der Waals surface area contributed by atoms with Gasteiger partial charge in [0.05, 0.1) is 24.9 Å². The van der Waals surface area contributed by atoms with Crippen LogP contribution in [-0.4, -0.2) is 29.7 Å². The molecule has 2 atom stereocenters. The maximum absolute atomic E-state index is 12.7. The molecule has 3 rings (SSSR count). The van der Waals surface area contributed by atoms with Gasteiger partial charge < -0.3 is 14.8 Å². The zero-order valence-electron chi connectivity index (χ0n) is 14.6. The zero-order chi connectivity index (χ0) is 19.4. The summed E-state index contributed by atoms with van der Waals surface area (Å²) in [5.41, 5.74) is 0.0920. The maximum atomic E-state index is 12.7. The van der Waals surface area contributed by atoms with Crippen molar-refractivity contribution < 1.29 is 22.6 Å². The lowest BCUT2D eigenvalue weighted by Gasteiger charge is -2.30. The fraction of sp³-hybridized carbons (Fsp3) is 0.444. The molecular weight excluding hydrogens is 383 g/mol. The molecule has 146 valence electrons. The third kappa shape index (κ3) is 5.23. The number of nitrogens with zero attached hydrogens (tertiary/aromatic N) is 2. The van der Waals surface area contributed by atoms with Crippen LogP contribution in [0.4, 0.5) is 19.0 Å². The minimum atomic E-state index is -4.34. The van der Waals surface area contributed by atoms with Crippen LogP contribution in [0.5, 0.6) is 6.01 Å². The normalized spacial score (nSPS) is 20.3. The van der Waals surface area contributed by atoms with Crippen LogP contribution in [0.25, 0.3) is 0 Å². The second-order valence-electron chi connectivity index (χ2n) is 6.24. The Kier molecular flexibility index (Phi) is 6.06. The summed E-state index contributed by atoms with van der Waals surface area (Å²) in [6.07, 6.45) is -2.11. The van der Waals surface area contributed by atoms with Gasteiger partial charge in [-0.2, -0.15) is 23.1 Å². The summed E-state index contributed by atoms with van der Waals surface area (Å²) in [5, 5.41) is 3.40. The van der Waals surface area contributed by atoms with Crippen molar-refractivity contribution in [1.82, 2.24) is 9.97 Å². The molecule has 1 saturated heterocycles. The molecule has 1 aliphatic rings. The number of ether oxygens (including phenoxy) is 2. The number of aromatic nitrogens is 2. The fourth-order valence-corrected chi connectivity index (χ4v) is 3.15. The second kappa shape index (κ2) is 8.31. The summed E-state index contributed by atoms with van der Waals surface area (Å²) in [5.74, 6) is 0.520. The SMILES string of the molecule is COc1nc(Cl)cc(NC[C@H]2CCC[C@@H](c3ccc(C(F)(F)F)cc3)O2)n1. The monoisotopic (exact) mass is 401 g/mol. The van der Waals surface area contributed by atoms with Crippen LogP contribution in [0.2, 0.25) is 5.15 Å². The highest BCUT2D eigenvalue weighted by Crippen LogP contribution is 2.34. The maximum Gasteiger partial charge on any atom is 0.416 e. The van der Waals surface area contributed by atoms with E-state index in [1.165, 1.54) is 19.2 Å². The Balaban J connectivity index is 1.60. The van der Waals surface area contributed by atoms with E-state index >= 15 is 0 Å². The minimum Gasteiger partial charge on any atom is -0.467 e. The molecule has 9 heteroatoms. The van der Waals surface area contributed by atoms with Gasteiger partial charge in [-0.05, 0) is 37.0 Å². The standard InChI is InChI=1S/C18H19ClF3N3O2/c1-26-17-24-15(19)9-16(25-17)23-10-13-3-2-4-14(27-13)11-5-7-12(8-6-11)18(20,21)22/h5-9,13-14H,2-4,10H2,1H3,(H,23,24,25)/t13-,14+/m1/s1. The lowest BCUT2D eigenvalue weighted by atomic mass is 9.97. The molecule has 0 spiro atoms. The van der Waals surface area contributed by atoms with Crippen molar-refractivity contribution in [2.75, 3.05) is 19.0 Å². The number of anilines is 1. The third-order valence-corrected chi connectivity index (χ3v) is 4.52. The van der Waals surface area contributed by atoms with E-state index in [2.05, 4.69) is 15.3 Å². The Labute approximate surface area is 159 Å². The van der Waals surface area contributed by atoms with Crippen molar-refractivity contribution in [3.8, 4) is 6.01 Å². The van der Waals surface area contributed by atoms with Gasteiger partial charge in [0.15, 0.2) is 0 Å². The van der Waals surface area contributed by atoms with Crippen molar-refractivity contribution in [3.63, 3.8) is 0 Å². The topological polar surface area (TPSA) is 56.3 Å². The number of hydrogen-bond acceptors (Lipinski definition) is 5. The van der Waals surface area contributed by atoms with Gasteiger partial charge >= 0.3 is 12.2 Å². The molecule has 1 aromatic heterocycles. The molecule has 1 aliphatic heterocycles. The summed E-state index contributed by atoms with van der Waals surface area (Å²) in [7, 11) is 1.45. The first-order valence-electron chi connectivity index (χ1n) is 8.50. The minimum absolute atomic E-state index is 0.0919.